The topological polar surface area (TPSA) is 151 Å². The van der Waals surface area contributed by atoms with Crippen molar-refractivity contribution in [2.45, 2.75) is 117 Å². The smallest absolute Gasteiger partial charge is 0.340 e. The fraction of sp³-hybridized carbons (Fsp3) is 0.500. The van der Waals surface area contributed by atoms with E-state index in [1.54, 1.807) is 41.8 Å². The largest absolute Gasteiger partial charge is 0.456 e. The van der Waals surface area contributed by atoms with Gasteiger partial charge in [-0.25, -0.2) is 9.46 Å². The van der Waals surface area contributed by atoms with Crippen molar-refractivity contribution in [1.29, 1.82) is 5.26 Å². The van der Waals surface area contributed by atoms with Crippen LogP contribution in [-0.2, 0) is 41.8 Å². The number of nitrogens with zero attached hydrogens (tertiary/aromatic N) is 4. The van der Waals surface area contributed by atoms with Gasteiger partial charge in [0.2, 0.25) is 11.8 Å². The Morgan fingerprint density at radius 2 is 1.42 bits per heavy atom. The number of amides is 3. The van der Waals surface area contributed by atoms with Crippen molar-refractivity contribution in [2.75, 3.05) is 42.6 Å². The summed E-state index contributed by atoms with van der Waals surface area (Å²) in [5.74, 6) is 0.189. The Bertz CT molecular complexity index is 2110. The highest BCUT2D eigenvalue weighted by Crippen LogP contribution is 2.60. The van der Waals surface area contributed by atoms with E-state index in [0.29, 0.717) is 91.4 Å². The molecule has 4 aliphatic heterocycles. The molecule has 0 saturated heterocycles. The summed E-state index contributed by atoms with van der Waals surface area (Å²) in [5.41, 5.74) is 4.40. The Hall–Kier alpha value is -4.86. The summed E-state index contributed by atoms with van der Waals surface area (Å²) >= 11 is 0. The molecule has 1 N–H and O–H groups in total. The van der Waals surface area contributed by atoms with Gasteiger partial charge in [-0.2, -0.15) is 5.26 Å². The van der Waals surface area contributed by atoms with Crippen molar-refractivity contribution in [3.63, 3.8) is 0 Å². The number of nitrogens with one attached hydrogen (secondary N) is 1. The average molecular weight is 838 g/mol. The summed E-state index contributed by atoms with van der Waals surface area (Å²) in [6.07, 6.45) is 6.56. The molecule has 4 aliphatic rings. The minimum atomic E-state index is -1.43. The number of ether oxygens (including phenoxy) is 2. The number of carbonyl (C=O) groups excluding carboxylic acids is 4. The molecule has 60 heavy (non-hydrogen) atoms. The van der Waals surface area contributed by atoms with Crippen molar-refractivity contribution in [1.82, 2.24) is 9.99 Å². The number of esters is 1. The Balaban J connectivity index is 1.11. The minimum Gasteiger partial charge on any atom is -0.456 e. The van der Waals surface area contributed by atoms with Crippen LogP contribution < -0.4 is 19.9 Å². The number of benzene rings is 3. The molecule has 318 valence electrons. The first-order valence-corrected chi connectivity index (χ1v) is 22.5. The van der Waals surface area contributed by atoms with Crippen molar-refractivity contribution in [3.05, 3.63) is 81.4 Å². The molecule has 3 amide bonds. The third kappa shape index (κ3) is 8.15. The van der Waals surface area contributed by atoms with E-state index in [1.165, 1.54) is 0 Å². The highest BCUT2D eigenvalue weighted by atomic mass is 31.2. The van der Waals surface area contributed by atoms with Gasteiger partial charge in [-0.1, -0.05) is 12.8 Å². The molecule has 4 heterocycles. The normalized spacial score (nSPS) is 16.4. The number of unbranched alkanes of at least 4 members (excludes halogenated alkanes) is 3. The molecule has 1 spiro atoms. The van der Waals surface area contributed by atoms with Gasteiger partial charge in [0.1, 0.15) is 11.5 Å². The SMILES string of the molecule is CC(=O)N1CCCc2c1ccc1c2Oc2c(ccc3c2CCCN3C(C)=O)C12OC(=O)c1ccc(C(=O)NCCCCCCOP(OCCC#N)N(C(C)C)C(C)C)cc12. The Morgan fingerprint density at radius 3 is 1.98 bits per heavy atom. The lowest BCUT2D eigenvalue weighted by molar-refractivity contribution is -0.117. The van der Waals surface area contributed by atoms with Gasteiger partial charge >= 0.3 is 5.97 Å². The summed E-state index contributed by atoms with van der Waals surface area (Å²) in [6.45, 7) is 14.1. The Morgan fingerprint density at radius 1 is 0.833 bits per heavy atom. The van der Waals surface area contributed by atoms with Gasteiger partial charge in [0.05, 0.1) is 42.6 Å². The van der Waals surface area contributed by atoms with Crippen LogP contribution in [0.4, 0.5) is 11.4 Å². The highest BCUT2D eigenvalue weighted by Gasteiger charge is 2.55. The summed E-state index contributed by atoms with van der Waals surface area (Å²) in [6, 6.07) is 15.3. The maximum atomic E-state index is 13.9. The predicted molar refractivity (Wildman–Crippen MR) is 229 cm³/mol. The van der Waals surface area contributed by atoms with E-state index in [1.807, 2.05) is 24.3 Å². The molecule has 7 rings (SSSR count). The van der Waals surface area contributed by atoms with E-state index in [4.69, 9.17) is 23.8 Å². The first kappa shape index (κ1) is 43.2. The van der Waals surface area contributed by atoms with Gasteiger partial charge in [-0.15, -0.1) is 0 Å². The first-order chi connectivity index (χ1) is 28.9. The summed E-state index contributed by atoms with van der Waals surface area (Å²) in [5, 5.41) is 12.1. The fourth-order valence-electron chi connectivity index (χ4n) is 9.13. The van der Waals surface area contributed by atoms with Crippen molar-refractivity contribution >= 4 is 43.6 Å². The van der Waals surface area contributed by atoms with Gasteiger partial charge in [0.15, 0.2) is 5.60 Å². The molecular weight excluding hydrogens is 782 g/mol. The zero-order chi connectivity index (χ0) is 42.7. The third-order valence-corrected chi connectivity index (χ3v) is 13.8. The van der Waals surface area contributed by atoms with E-state index < -0.39 is 20.1 Å². The quantitative estimate of drug-likeness (QED) is 0.0898. The summed E-state index contributed by atoms with van der Waals surface area (Å²) in [7, 11) is -1.27. The maximum Gasteiger partial charge on any atom is 0.340 e. The number of hydrogen-bond donors (Lipinski definition) is 1. The lowest BCUT2D eigenvalue weighted by atomic mass is 9.74. The van der Waals surface area contributed by atoms with Gasteiger partial charge < -0.3 is 33.6 Å². The number of rotatable bonds is 15. The van der Waals surface area contributed by atoms with Gasteiger partial charge in [0.25, 0.3) is 14.4 Å². The predicted octanol–water partition coefficient (Wildman–Crippen LogP) is 8.44. The van der Waals surface area contributed by atoms with E-state index in [2.05, 4.69) is 43.8 Å². The Labute approximate surface area is 354 Å². The molecular formula is C46H56N5O8P. The lowest BCUT2D eigenvalue weighted by Gasteiger charge is -2.41. The lowest BCUT2D eigenvalue weighted by Crippen LogP contribution is -2.38. The van der Waals surface area contributed by atoms with Gasteiger partial charge in [0, 0.05) is 78.9 Å². The number of fused-ring (bicyclic) bond motifs is 10. The molecule has 0 aromatic heterocycles. The molecule has 1 unspecified atom stereocenters. The molecule has 3 aromatic carbocycles. The standard InChI is InChI=1S/C46H56N5O8P/c1-29(2)51(30(3)4)60(57-27-13-22-47)56-26-10-8-7-9-23-48-44(54)33-16-17-34-39(28-33)46(59-45(34)55)37-18-20-40-35(14-11-24-49(40)31(5)52)42(37)58-43-36-15-12-25-50(32(6)53)41(36)21-19-38(43)46/h16-21,28-30H,7-15,23-27H2,1-6H3,(H,48,54). The van der Waals surface area contributed by atoms with Crippen LogP contribution in [0.3, 0.4) is 0 Å². The van der Waals surface area contributed by atoms with E-state index in [9.17, 15) is 19.2 Å². The number of carbonyl (C=O) groups is 4. The van der Waals surface area contributed by atoms with Crippen LogP contribution in [0.5, 0.6) is 11.5 Å². The number of nitriles is 1. The van der Waals surface area contributed by atoms with Gasteiger partial charge in [-0.05, 0) is 109 Å². The van der Waals surface area contributed by atoms with Crippen molar-refractivity contribution in [2.24, 2.45) is 0 Å². The molecule has 13 nitrogen and oxygen atoms in total. The van der Waals surface area contributed by atoms with Crippen LogP contribution >= 0.6 is 8.53 Å². The van der Waals surface area contributed by atoms with Crippen LogP contribution in [0, 0.1) is 11.3 Å². The Kier molecular flexibility index (Phi) is 13.3. The monoisotopic (exact) mass is 837 g/mol. The number of anilines is 2. The maximum absolute atomic E-state index is 13.9. The molecule has 14 heteroatoms. The molecule has 0 bridgehead atoms. The van der Waals surface area contributed by atoms with E-state index in [-0.39, 0.29) is 29.8 Å². The van der Waals surface area contributed by atoms with E-state index in [0.717, 1.165) is 61.0 Å². The van der Waals surface area contributed by atoms with E-state index >= 15 is 0 Å². The highest BCUT2D eigenvalue weighted by molar-refractivity contribution is 7.44. The third-order valence-electron chi connectivity index (χ3n) is 11.7. The second-order valence-electron chi connectivity index (χ2n) is 16.4. The minimum absolute atomic E-state index is 0.0674. The van der Waals surface area contributed by atoms with Crippen molar-refractivity contribution < 1.29 is 37.7 Å². The second-order valence-corrected chi connectivity index (χ2v) is 17.9. The summed E-state index contributed by atoms with van der Waals surface area (Å²) < 4.78 is 27.9. The van der Waals surface area contributed by atoms with Crippen LogP contribution in [-0.4, -0.2) is 73.3 Å². The molecule has 0 aliphatic carbocycles. The van der Waals surface area contributed by atoms with Crippen LogP contribution in [0.1, 0.15) is 135 Å². The van der Waals surface area contributed by atoms with Gasteiger partial charge in [-0.3, -0.25) is 14.4 Å². The zero-order valence-electron chi connectivity index (χ0n) is 35.6. The van der Waals surface area contributed by atoms with Crippen LogP contribution in [0.25, 0.3) is 0 Å². The average Bonchev–Trinajstić information content (AvgIpc) is 3.51. The number of hydrogen-bond acceptors (Lipinski definition) is 10. The zero-order valence-corrected chi connectivity index (χ0v) is 36.5. The second kappa shape index (κ2) is 18.4. The fourth-order valence-corrected chi connectivity index (χ4v) is 10.8. The molecule has 3 aromatic rings. The van der Waals surface area contributed by atoms with Crippen molar-refractivity contribution in [3.8, 4) is 17.6 Å². The van der Waals surface area contributed by atoms with Crippen LogP contribution in [0.15, 0.2) is 42.5 Å². The molecule has 1 atom stereocenters. The molecule has 0 radical (unpaired) electrons. The summed E-state index contributed by atoms with van der Waals surface area (Å²) in [4.78, 5) is 56.7. The van der Waals surface area contributed by atoms with Crippen LogP contribution in [0.2, 0.25) is 0 Å². The first-order valence-electron chi connectivity index (χ1n) is 21.3. The molecule has 0 fully saturated rings. The molecule has 0 saturated carbocycles.